The van der Waals surface area contributed by atoms with E-state index in [0.717, 1.165) is 23.2 Å². The van der Waals surface area contributed by atoms with Crippen LogP contribution >= 0.6 is 0 Å². The second-order valence-electron chi connectivity index (χ2n) is 4.54. The van der Waals surface area contributed by atoms with Gasteiger partial charge in [0, 0.05) is 13.6 Å². The average molecular weight is 300 g/mol. The highest BCUT2D eigenvalue weighted by atomic mass is 19.4. The first kappa shape index (κ1) is 15.1. The van der Waals surface area contributed by atoms with Gasteiger partial charge < -0.3 is 5.32 Å². The van der Waals surface area contributed by atoms with E-state index in [2.05, 4.69) is 10.4 Å². The van der Waals surface area contributed by atoms with E-state index in [1.807, 2.05) is 6.92 Å². The molecule has 0 bridgehead atoms. The summed E-state index contributed by atoms with van der Waals surface area (Å²) < 4.78 is 40.0. The first-order chi connectivity index (χ1) is 9.84. The molecule has 0 amide bonds. The number of aromatic nitrogens is 3. The van der Waals surface area contributed by atoms with Gasteiger partial charge in [-0.25, -0.2) is 14.0 Å². The Hall–Kier alpha value is -2.25. The molecule has 114 valence electrons. The molecule has 5 nitrogen and oxygen atoms in total. The van der Waals surface area contributed by atoms with Gasteiger partial charge in [-0.1, -0.05) is 6.92 Å². The van der Waals surface area contributed by atoms with Crippen LogP contribution in [0.4, 0.5) is 19.1 Å². The fourth-order valence-corrected chi connectivity index (χ4v) is 1.85. The van der Waals surface area contributed by atoms with E-state index >= 15 is 0 Å². The predicted octanol–water partition coefficient (Wildman–Crippen LogP) is 2.41. The fraction of sp³-hybridized carbons (Fsp3) is 0.385. The zero-order valence-corrected chi connectivity index (χ0v) is 11.6. The van der Waals surface area contributed by atoms with Crippen LogP contribution in [-0.2, 0) is 13.2 Å². The summed E-state index contributed by atoms with van der Waals surface area (Å²) in [6.07, 6.45) is -3.57. The summed E-state index contributed by atoms with van der Waals surface area (Å²) in [5, 5.41) is 7.01. The maximum Gasteiger partial charge on any atom is 0.416 e. The van der Waals surface area contributed by atoms with E-state index in [4.69, 9.17) is 0 Å². The Kier molecular flexibility index (Phi) is 4.06. The molecule has 1 aromatic carbocycles. The van der Waals surface area contributed by atoms with E-state index in [9.17, 15) is 18.0 Å². The third-order valence-electron chi connectivity index (χ3n) is 2.91. The Morgan fingerprint density at radius 3 is 2.38 bits per heavy atom. The summed E-state index contributed by atoms with van der Waals surface area (Å²) in [5.41, 5.74) is -0.848. The van der Waals surface area contributed by atoms with Crippen molar-refractivity contribution >= 4 is 5.95 Å². The van der Waals surface area contributed by atoms with Crippen LogP contribution < -0.4 is 11.0 Å². The fourth-order valence-electron chi connectivity index (χ4n) is 1.85. The highest BCUT2D eigenvalue weighted by molar-refractivity contribution is 5.42. The number of hydrogen-bond acceptors (Lipinski definition) is 3. The zero-order chi connectivity index (χ0) is 15.6. The second-order valence-corrected chi connectivity index (χ2v) is 4.54. The van der Waals surface area contributed by atoms with Gasteiger partial charge in [0.05, 0.1) is 11.3 Å². The van der Waals surface area contributed by atoms with Crippen LogP contribution in [0.25, 0.3) is 5.69 Å². The molecule has 0 atom stereocenters. The molecule has 0 aliphatic heterocycles. The second kappa shape index (κ2) is 5.63. The van der Waals surface area contributed by atoms with Crippen LogP contribution in [-0.4, -0.2) is 20.9 Å². The summed E-state index contributed by atoms with van der Waals surface area (Å²) in [5.74, 6) is 0.309. The molecule has 21 heavy (non-hydrogen) atoms. The lowest BCUT2D eigenvalue weighted by Gasteiger charge is -2.09. The molecular formula is C13H15F3N4O. The molecule has 0 saturated heterocycles. The van der Waals surface area contributed by atoms with Gasteiger partial charge in [0.25, 0.3) is 0 Å². The van der Waals surface area contributed by atoms with Gasteiger partial charge in [0.2, 0.25) is 5.95 Å². The molecule has 1 heterocycles. The van der Waals surface area contributed by atoms with Gasteiger partial charge in [-0.2, -0.15) is 13.2 Å². The van der Waals surface area contributed by atoms with Crippen LogP contribution in [0.1, 0.15) is 18.9 Å². The third-order valence-corrected chi connectivity index (χ3v) is 2.91. The maximum atomic E-state index is 12.6. The number of halogens is 3. The van der Waals surface area contributed by atoms with Crippen molar-refractivity contribution < 1.29 is 13.2 Å². The Balaban J connectivity index is 2.44. The topological polar surface area (TPSA) is 51.9 Å². The molecule has 0 aliphatic carbocycles. The summed E-state index contributed by atoms with van der Waals surface area (Å²) in [7, 11) is 1.49. The van der Waals surface area contributed by atoms with Gasteiger partial charge in [-0.05, 0) is 30.7 Å². The molecule has 0 radical (unpaired) electrons. The summed E-state index contributed by atoms with van der Waals surface area (Å²) >= 11 is 0. The number of hydrogen-bond donors (Lipinski definition) is 1. The highest BCUT2D eigenvalue weighted by Crippen LogP contribution is 2.29. The number of rotatable bonds is 4. The van der Waals surface area contributed by atoms with Crippen molar-refractivity contribution in [1.82, 2.24) is 14.3 Å². The standard InChI is InChI=1S/C13H15F3N4O/c1-3-8-17-11-18-19(2)12(21)20(11)10-6-4-9(5-7-10)13(14,15)16/h4-7H,3,8H2,1-2H3,(H,17,18). The number of aryl methyl sites for hydroxylation is 1. The van der Waals surface area contributed by atoms with Crippen LogP contribution in [0.2, 0.25) is 0 Å². The molecule has 0 fully saturated rings. The van der Waals surface area contributed by atoms with E-state index in [1.165, 1.54) is 23.7 Å². The lowest BCUT2D eigenvalue weighted by Crippen LogP contribution is -2.22. The molecule has 8 heteroatoms. The molecule has 0 spiro atoms. The molecule has 0 unspecified atom stereocenters. The molecular weight excluding hydrogens is 285 g/mol. The van der Waals surface area contributed by atoms with Crippen molar-refractivity contribution in [3.63, 3.8) is 0 Å². The lowest BCUT2D eigenvalue weighted by molar-refractivity contribution is -0.137. The van der Waals surface area contributed by atoms with Gasteiger partial charge >= 0.3 is 11.9 Å². The van der Waals surface area contributed by atoms with E-state index in [1.54, 1.807) is 0 Å². The number of nitrogens with one attached hydrogen (secondary N) is 1. The van der Waals surface area contributed by atoms with Crippen molar-refractivity contribution in [3.8, 4) is 5.69 Å². The largest absolute Gasteiger partial charge is 0.416 e. The summed E-state index contributed by atoms with van der Waals surface area (Å²) in [6.45, 7) is 2.56. The first-order valence-corrected chi connectivity index (χ1v) is 6.42. The van der Waals surface area contributed by atoms with Crippen molar-refractivity contribution in [2.45, 2.75) is 19.5 Å². The molecule has 0 aliphatic rings. The van der Waals surface area contributed by atoms with Crippen LogP contribution in [0, 0.1) is 0 Å². The maximum absolute atomic E-state index is 12.6. The monoisotopic (exact) mass is 300 g/mol. The van der Waals surface area contributed by atoms with Gasteiger partial charge in [-0.3, -0.25) is 0 Å². The lowest BCUT2D eigenvalue weighted by atomic mass is 10.2. The van der Waals surface area contributed by atoms with Gasteiger partial charge in [-0.15, -0.1) is 5.10 Å². The predicted molar refractivity (Wildman–Crippen MR) is 72.6 cm³/mol. The minimum atomic E-state index is -4.40. The van der Waals surface area contributed by atoms with Crippen LogP contribution in [0.3, 0.4) is 0 Å². The summed E-state index contributed by atoms with van der Waals surface area (Å²) in [6, 6.07) is 4.39. The van der Waals surface area contributed by atoms with Gasteiger partial charge in [0.15, 0.2) is 0 Å². The highest BCUT2D eigenvalue weighted by Gasteiger charge is 2.30. The zero-order valence-electron chi connectivity index (χ0n) is 11.6. The van der Waals surface area contributed by atoms with Crippen molar-refractivity contribution in [2.24, 2.45) is 7.05 Å². The minimum absolute atomic E-state index is 0.309. The van der Waals surface area contributed by atoms with Crippen molar-refractivity contribution in [2.75, 3.05) is 11.9 Å². The number of anilines is 1. The van der Waals surface area contributed by atoms with E-state index < -0.39 is 17.4 Å². The molecule has 0 saturated carbocycles. The van der Waals surface area contributed by atoms with E-state index in [-0.39, 0.29) is 0 Å². The summed E-state index contributed by atoms with van der Waals surface area (Å²) in [4.78, 5) is 12.0. The Morgan fingerprint density at radius 1 is 1.24 bits per heavy atom. The number of benzene rings is 1. The molecule has 2 rings (SSSR count). The molecule has 1 N–H and O–H groups in total. The SMILES string of the molecule is CCCNc1nn(C)c(=O)n1-c1ccc(C(F)(F)F)cc1. The first-order valence-electron chi connectivity index (χ1n) is 6.42. The average Bonchev–Trinajstić information content (AvgIpc) is 2.71. The van der Waals surface area contributed by atoms with Gasteiger partial charge in [0.1, 0.15) is 0 Å². The quantitative estimate of drug-likeness (QED) is 0.943. The number of nitrogens with zero attached hydrogens (tertiary/aromatic N) is 3. The molecule has 2 aromatic rings. The van der Waals surface area contributed by atoms with Crippen molar-refractivity contribution in [1.29, 1.82) is 0 Å². The van der Waals surface area contributed by atoms with Crippen LogP contribution in [0.15, 0.2) is 29.1 Å². The van der Waals surface area contributed by atoms with Crippen LogP contribution in [0.5, 0.6) is 0 Å². The third kappa shape index (κ3) is 3.09. The molecule has 1 aromatic heterocycles. The Morgan fingerprint density at radius 2 is 1.86 bits per heavy atom. The Labute approximate surface area is 119 Å². The minimum Gasteiger partial charge on any atom is -0.354 e. The van der Waals surface area contributed by atoms with Crippen molar-refractivity contribution in [3.05, 3.63) is 40.3 Å². The smallest absolute Gasteiger partial charge is 0.354 e. The normalized spacial score (nSPS) is 11.7. The Bertz CT molecular complexity index is 670. The number of alkyl halides is 3. The van der Waals surface area contributed by atoms with E-state index in [0.29, 0.717) is 18.2 Å².